The van der Waals surface area contributed by atoms with E-state index in [1.165, 1.54) is 4.70 Å². The second-order valence-corrected chi connectivity index (χ2v) is 8.15. The van der Waals surface area contributed by atoms with Crippen LogP contribution in [0.2, 0.25) is 0 Å². The van der Waals surface area contributed by atoms with Crippen LogP contribution in [0.15, 0.2) is 35.7 Å². The van der Waals surface area contributed by atoms with Crippen molar-refractivity contribution in [3.05, 3.63) is 35.7 Å². The number of aryl methyl sites for hydroxylation is 1. The first-order valence-corrected chi connectivity index (χ1v) is 9.28. The summed E-state index contributed by atoms with van der Waals surface area (Å²) in [7, 11) is 1.96. The summed E-state index contributed by atoms with van der Waals surface area (Å²) in [6.07, 6.45) is -0.554. The van der Waals surface area contributed by atoms with Gasteiger partial charge in [0.15, 0.2) is 0 Å². The SMILES string of the molecule is Cn1nc(-c2cccc(OCC(O)CNC(C)(C)C)c2)c2sccc21. The number of β-amino-alcohol motifs (C(OH)–C–C–N with tert-alkyl or cyclic N) is 1. The van der Waals surface area contributed by atoms with Gasteiger partial charge in [0.1, 0.15) is 24.2 Å². The minimum atomic E-state index is -0.554. The Balaban J connectivity index is 1.69. The fourth-order valence-corrected chi connectivity index (χ4v) is 3.51. The van der Waals surface area contributed by atoms with Crippen LogP contribution in [0.1, 0.15) is 20.8 Å². The van der Waals surface area contributed by atoms with Crippen LogP contribution in [0, 0.1) is 0 Å². The standard InChI is InChI=1S/C19H25N3O2S/c1-19(2,3)20-11-14(23)12-24-15-7-5-6-13(10-15)17-18-16(8-9-25-18)22(4)21-17/h5-10,14,20,23H,11-12H2,1-4H3. The van der Waals surface area contributed by atoms with Crippen molar-refractivity contribution in [1.82, 2.24) is 15.1 Å². The molecule has 2 N–H and O–H groups in total. The van der Waals surface area contributed by atoms with Crippen molar-refractivity contribution in [2.24, 2.45) is 7.05 Å². The monoisotopic (exact) mass is 359 g/mol. The van der Waals surface area contributed by atoms with Crippen molar-refractivity contribution in [2.75, 3.05) is 13.2 Å². The van der Waals surface area contributed by atoms with E-state index in [0.717, 1.165) is 22.5 Å². The van der Waals surface area contributed by atoms with E-state index < -0.39 is 6.10 Å². The Morgan fingerprint density at radius 2 is 2.12 bits per heavy atom. The average Bonchev–Trinajstić information content (AvgIpc) is 3.15. The molecule has 0 saturated carbocycles. The molecule has 2 aromatic heterocycles. The van der Waals surface area contributed by atoms with E-state index in [1.54, 1.807) is 11.3 Å². The summed E-state index contributed by atoms with van der Waals surface area (Å²) in [5, 5.41) is 20.1. The predicted molar refractivity (Wildman–Crippen MR) is 103 cm³/mol. The number of ether oxygens (including phenoxy) is 1. The van der Waals surface area contributed by atoms with Gasteiger partial charge < -0.3 is 15.2 Å². The zero-order chi connectivity index (χ0) is 18.0. The number of aliphatic hydroxyl groups excluding tert-OH is 1. The van der Waals surface area contributed by atoms with E-state index in [2.05, 4.69) is 42.6 Å². The van der Waals surface area contributed by atoms with Gasteiger partial charge in [0.2, 0.25) is 0 Å². The first-order valence-electron chi connectivity index (χ1n) is 8.40. The number of hydrogen-bond acceptors (Lipinski definition) is 5. The summed E-state index contributed by atoms with van der Waals surface area (Å²) in [5.41, 5.74) is 3.10. The normalized spacial score (nSPS) is 13.3. The van der Waals surface area contributed by atoms with Crippen molar-refractivity contribution < 1.29 is 9.84 Å². The lowest BCUT2D eigenvalue weighted by Gasteiger charge is -2.23. The molecule has 5 nitrogen and oxygen atoms in total. The molecule has 0 saturated heterocycles. The Kier molecular flexibility index (Phi) is 5.13. The quantitative estimate of drug-likeness (QED) is 0.708. The highest BCUT2D eigenvalue weighted by Gasteiger charge is 2.14. The number of thiophene rings is 1. The molecule has 0 aliphatic carbocycles. The smallest absolute Gasteiger partial charge is 0.120 e. The molecule has 3 rings (SSSR count). The molecule has 0 bridgehead atoms. The van der Waals surface area contributed by atoms with Gasteiger partial charge in [-0.3, -0.25) is 4.68 Å². The molecular formula is C19H25N3O2S. The number of aromatic nitrogens is 2. The molecule has 1 atom stereocenters. The third-order valence-electron chi connectivity index (χ3n) is 3.88. The first-order chi connectivity index (χ1) is 11.8. The molecule has 0 aliphatic rings. The summed E-state index contributed by atoms with van der Waals surface area (Å²) < 4.78 is 8.85. The second-order valence-electron chi connectivity index (χ2n) is 7.23. The van der Waals surface area contributed by atoms with Crippen LogP contribution in [0.25, 0.3) is 21.5 Å². The van der Waals surface area contributed by atoms with Gasteiger partial charge in [-0.25, -0.2) is 0 Å². The highest BCUT2D eigenvalue weighted by molar-refractivity contribution is 7.17. The zero-order valence-electron chi connectivity index (χ0n) is 15.1. The lowest BCUT2D eigenvalue weighted by Crippen LogP contribution is -2.42. The highest BCUT2D eigenvalue weighted by Crippen LogP contribution is 2.33. The maximum Gasteiger partial charge on any atom is 0.120 e. The van der Waals surface area contributed by atoms with Crippen molar-refractivity contribution in [3.8, 4) is 17.0 Å². The number of nitrogens with zero attached hydrogens (tertiary/aromatic N) is 2. The third-order valence-corrected chi connectivity index (χ3v) is 4.79. The van der Waals surface area contributed by atoms with Crippen molar-refractivity contribution in [2.45, 2.75) is 32.4 Å². The van der Waals surface area contributed by atoms with Crippen molar-refractivity contribution in [1.29, 1.82) is 0 Å². The first kappa shape index (κ1) is 17.9. The molecule has 0 aliphatic heterocycles. The molecule has 2 heterocycles. The van der Waals surface area contributed by atoms with Crippen LogP contribution >= 0.6 is 11.3 Å². The Hall–Kier alpha value is -1.89. The van der Waals surface area contributed by atoms with Gasteiger partial charge in [0.25, 0.3) is 0 Å². The van der Waals surface area contributed by atoms with E-state index in [-0.39, 0.29) is 12.1 Å². The zero-order valence-corrected chi connectivity index (χ0v) is 15.9. The Morgan fingerprint density at radius 1 is 1.32 bits per heavy atom. The topological polar surface area (TPSA) is 59.3 Å². The number of aliphatic hydroxyl groups is 1. The average molecular weight is 359 g/mol. The summed E-state index contributed by atoms with van der Waals surface area (Å²) in [4.78, 5) is 0. The van der Waals surface area contributed by atoms with E-state index in [9.17, 15) is 5.11 Å². The molecule has 0 spiro atoms. The number of fused-ring (bicyclic) bond motifs is 1. The highest BCUT2D eigenvalue weighted by atomic mass is 32.1. The second kappa shape index (κ2) is 7.15. The van der Waals surface area contributed by atoms with E-state index >= 15 is 0 Å². The van der Waals surface area contributed by atoms with Crippen LogP contribution in [0.3, 0.4) is 0 Å². The molecule has 0 radical (unpaired) electrons. The van der Waals surface area contributed by atoms with Crippen molar-refractivity contribution in [3.63, 3.8) is 0 Å². The van der Waals surface area contributed by atoms with E-state index in [0.29, 0.717) is 6.54 Å². The van der Waals surface area contributed by atoms with Gasteiger partial charge in [0.05, 0.1) is 10.2 Å². The minimum Gasteiger partial charge on any atom is -0.491 e. The number of hydrogen-bond donors (Lipinski definition) is 2. The van der Waals surface area contributed by atoms with Crippen LogP contribution in [0.5, 0.6) is 5.75 Å². The lowest BCUT2D eigenvalue weighted by molar-refractivity contribution is 0.100. The van der Waals surface area contributed by atoms with Gasteiger partial charge in [-0.05, 0) is 44.4 Å². The summed E-state index contributed by atoms with van der Waals surface area (Å²) >= 11 is 1.69. The number of nitrogens with one attached hydrogen (secondary N) is 1. The summed E-state index contributed by atoms with van der Waals surface area (Å²) in [5.74, 6) is 0.739. The van der Waals surface area contributed by atoms with Crippen molar-refractivity contribution >= 4 is 21.6 Å². The minimum absolute atomic E-state index is 0.0219. The molecule has 25 heavy (non-hydrogen) atoms. The van der Waals surface area contributed by atoms with Crippen LogP contribution in [0.4, 0.5) is 0 Å². The van der Waals surface area contributed by atoms with Crippen LogP contribution in [-0.2, 0) is 7.05 Å². The van der Waals surface area contributed by atoms with Gasteiger partial charge in [-0.15, -0.1) is 11.3 Å². The number of benzene rings is 1. The summed E-state index contributed by atoms with van der Waals surface area (Å²) in [6.45, 7) is 6.97. The molecular weight excluding hydrogens is 334 g/mol. The molecule has 0 fully saturated rings. The van der Waals surface area contributed by atoms with Gasteiger partial charge in [0, 0.05) is 24.7 Å². The molecule has 6 heteroatoms. The molecule has 0 amide bonds. The lowest BCUT2D eigenvalue weighted by atomic mass is 10.1. The van der Waals surface area contributed by atoms with Gasteiger partial charge in [-0.2, -0.15) is 5.10 Å². The molecule has 3 aromatic rings. The molecule has 134 valence electrons. The third kappa shape index (κ3) is 4.39. The van der Waals surface area contributed by atoms with E-state index in [1.807, 2.05) is 36.0 Å². The van der Waals surface area contributed by atoms with E-state index in [4.69, 9.17) is 4.74 Å². The predicted octanol–water partition coefficient (Wildman–Crippen LogP) is 3.43. The van der Waals surface area contributed by atoms with Crippen LogP contribution in [-0.4, -0.2) is 39.7 Å². The fraction of sp³-hybridized carbons (Fsp3) is 0.421. The molecule has 1 unspecified atom stereocenters. The Morgan fingerprint density at radius 3 is 2.88 bits per heavy atom. The maximum atomic E-state index is 10.1. The summed E-state index contributed by atoms with van der Waals surface area (Å²) in [6, 6.07) is 9.95. The Bertz CT molecular complexity index is 848. The van der Waals surface area contributed by atoms with Gasteiger partial charge in [-0.1, -0.05) is 12.1 Å². The van der Waals surface area contributed by atoms with Crippen LogP contribution < -0.4 is 10.1 Å². The Labute approximate surface area is 152 Å². The largest absolute Gasteiger partial charge is 0.491 e. The number of rotatable bonds is 6. The fourth-order valence-electron chi connectivity index (χ4n) is 2.58. The van der Waals surface area contributed by atoms with Gasteiger partial charge >= 0.3 is 0 Å². The molecule has 1 aromatic carbocycles. The maximum absolute atomic E-state index is 10.1.